The fourth-order valence-electron chi connectivity index (χ4n) is 4.95. The molecule has 1 atom stereocenters. The standard InChI is InChI=1S/C27H26ClN9O2.2C2HF3O2/c28-22-14-30-27-34-21-7-16(10-29-13-21)1-2-18-9-20(33-25(22)36-27)3-4-23(18)35-24(38)8-17-5-6-37(15-17)26(39)19-11-31-32-12-19;2*3-2(4,5)1(6)7/h3-4,7,9-14,17H,1-2,5-6,8,15H2,(H,31,32)(H,35,38)(H2,30,33,34,36);2*(H,6,7)/t17-;;/m1../s1. The minimum atomic E-state index is -5.08. The van der Waals surface area contributed by atoms with Crippen molar-refractivity contribution in [2.75, 3.05) is 29.0 Å². The van der Waals surface area contributed by atoms with Gasteiger partial charge in [-0.3, -0.25) is 19.7 Å². The van der Waals surface area contributed by atoms with E-state index < -0.39 is 24.3 Å². The molecule has 3 aromatic heterocycles. The zero-order valence-electron chi connectivity index (χ0n) is 26.9. The van der Waals surface area contributed by atoms with Gasteiger partial charge in [-0.15, -0.1) is 0 Å². The van der Waals surface area contributed by atoms with Gasteiger partial charge < -0.3 is 31.1 Å². The molecular weight excluding hydrogens is 744 g/mol. The molecule has 6 rings (SSSR count). The molecule has 0 unspecified atom stereocenters. The zero-order chi connectivity index (χ0) is 38.9. The van der Waals surface area contributed by atoms with E-state index in [4.69, 9.17) is 31.4 Å². The molecule has 6 bridgehead atoms. The minimum Gasteiger partial charge on any atom is -0.475 e. The topological polar surface area (TPSA) is 215 Å². The van der Waals surface area contributed by atoms with Gasteiger partial charge in [-0.2, -0.15) is 36.4 Å². The summed E-state index contributed by atoms with van der Waals surface area (Å²) in [6.07, 6.45) is 0.560. The van der Waals surface area contributed by atoms with Gasteiger partial charge in [0.15, 0.2) is 5.82 Å². The number of pyridine rings is 1. The van der Waals surface area contributed by atoms with Crippen molar-refractivity contribution in [2.24, 2.45) is 5.92 Å². The average Bonchev–Trinajstić information content (AvgIpc) is 3.79. The third kappa shape index (κ3) is 11.8. The van der Waals surface area contributed by atoms with E-state index in [-0.39, 0.29) is 17.7 Å². The number of amides is 2. The number of halogens is 7. The quantitative estimate of drug-likeness (QED) is 0.140. The van der Waals surface area contributed by atoms with Crippen LogP contribution in [0, 0.1) is 5.92 Å². The Morgan fingerprint density at radius 3 is 2.26 bits per heavy atom. The monoisotopic (exact) mass is 771 g/mol. The fourth-order valence-corrected chi connectivity index (χ4v) is 5.09. The summed E-state index contributed by atoms with van der Waals surface area (Å²) in [5, 5.41) is 30.7. The van der Waals surface area contributed by atoms with Crippen LogP contribution in [0.5, 0.6) is 0 Å². The van der Waals surface area contributed by atoms with Crippen molar-refractivity contribution in [1.29, 1.82) is 0 Å². The summed E-state index contributed by atoms with van der Waals surface area (Å²) in [6.45, 7) is 1.18. The van der Waals surface area contributed by atoms with Crippen LogP contribution in [0.3, 0.4) is 0 Å². The number of hydrogen-bond donors (Lipinski definition) is 6. The summed E-state index contributed by atoms with van der Waals surface area (Å²) in [5.41, 5.74) is 4.86. The van der Waals surface area contributed by atoms with Crippen molar-refractivity contribution in [2.45, 2.75) is 38.0 Å². The summed E-state index contributed by atoms with van der Waals surface area (Å²) in [6, 6.07) is 7.78. The van der Waals surface area contributed by atoms with Gasteiger partial charge in [0.05, 0.1) is 29.8 Å². The van der Waals surface area contributed by atoms with E-state index >= 15 is 0 Å². The van der Waals surface area contributed by atoms with Crippen molar-refractivity contribution < 1.29 is 55.7 Å². The SMILES string of the molecule is O=C(C[C@H]1CCN(C(=O)c2cn[nH]c2)C1)Nc1ccc2cc1CCc1cncc(c1)Nc1ncc(Cl)c(n1)N2.O=C(O)C(F)(F)F.O=C(O)C(F)(F)F. The van der Waals surface area contributed by atoms with Crippen LogP contribution in [0.25, 0.3) is 0 Å². The molecule has 0 aliphatic carbocycles. The first kappa shape index (κ1) is 39.8. The molecule has 53 heavy (non-hydrogen) atoms. The van der Waals surface area contributed by atoms with Gasteiger partial charge in [0.25, 0.3) is 5.91 Å². The van der Waals surface area contributed by atoms with Gasteiger partial charge in [-0.1, -0.05) is 11.6 Å². The molecular formula is C31H28ClF6N9O6. The van der Waals surface area contributed by atoms with Gasteiger partial charge in [0.2, 0.25) is 11.9 Å². The Kier molecular flexibility index (Phi) is 12.8. The van der Waals surface area contributed by atoms with Crippen molar-refractivity contribution in [3.8, 4) is 0 Å². The molecule has 1 fully saturated rings. The number of aromatic nitrogens is 5. The number of carbonyl (C=O) groups is 4. The van der Waals surface area contributed by atoms with Crippen LogP contribution in [-0.4, -0.2) is 89.5 Å². The highest BCUT2D eigenvalue weighted by atomic mass is 35.5. The number of carboxylic acids is 2. The third-order valence-electron chi connectivity index (χ3n) is 7.40. The summed E-state index contributed by atoms with van der Waals surface area (Å²) in [7, 11) is 0. The van der Waals surface area contributed by atoms with Crippen LogP contribution in [0.4, 0.5) is 55.2 Å². The molecule has 2 aliphatic rings. The fraction of sp³-hybridized carbons (Fsp3) is 0.290. The second kappa shape index (κ2) is 17.0. The normalized spacial score (nSPS) is 14.9. The number of carboxylic acid groups (broad SMARTS) is 2. The molecule has 2 amide bonds. The first-order valence-corrected chi connectivity index (χ1v) is 15.6. The number of nitrogens with one attached hydrogen (secondary N) is 4. The Labute approximate surface area is 299 Å². The maximum absolute atomic E-state index is 13.1. The van der Waals surface area contributed by atoms with E-state index in [2.05, 4.69) is 41.1 Å². The molecule has 282 valence electrons. The van der Waals surface area contributed by atoms with Gasteiger partial charge in [-0.05, 0) is 60.6 Å². The van der Waals surface area contributed by atoms with E-state index in [0.29, 0.717) is 48.3 Å². The first-order chi connectivity index (χ1) is 24.9. The lowest BCUT2D eigenvalue weighted by molar-refractivity contribution is -0.193. The second-order valence-corrected chi connectivity index (χ2v) is 11.8. The predicted octanol–water partition coefficient (Wildman–Crippen LogP) is 5.59. The Balaban J connectivity index is 0.000000381. The molecule has 4 aromatic rings. The number of anilines is 5. The predicted molar refractivity (Wildman–Crippen MR) is 175 cm³/mol. The lowest BCUT2D eigenvalue weighted by atomic mass is 10.0. The van der Waals surface area contributed by atoms with Gasteiger partial charge in [0, 0.05) is 43.3 Å². The number of nitrogens with zero attached hydrogens (tertiary/aromatic N) is 5. The number of aliphatic carboxylic acids is 2. The molecule has 1 saturated heterocycles. The highest BCUT2D eigenvalue weighted by molar-refractivity contribution is 6.32. The Morgan fingerprint density at radius 1 is 0.925 bits per heavy atom. The summed E-state index contributed by atoms with van der Waals surface area (Å²) >= 11 is 6.36. The maximum Gasteiger partial charge on any atom is 0.490 e. The zero-order valence-corrected chi connectivity index (χ0v) is 27.7. The minimum absolute atomic E-state index is 0.0642. The summed E-state index contributed by atoms with van der Waals surface area (Å²) < 4.78 is 63.5. The molecule has 0 saturated carbocycles. The molecule has 5 heterocycles. The number of aromatic amines is 1. The van der Waals surface area contributed by atoms with Crippen LogP contribution in [0.1, 0.15) is 34.3 Å². The summed E-state index contributed by atoms with van der Waals surface area (Å²) in [5.74, 6) is -4.68. The van der Waals surface area contributed by atoms with Gasteiger partial charge in [0.1, 0.15) is 5.02 Å². The van der Waals surface area contributed by atoms with Crippen molar-refractivity contribution in [3.05, 3.63) is 77.0 Å². The number of alkyl halides is 6. The first-order valence-electron chi connectivity index (χ1n) is 15.2. The van der Waals surface area contributed by atoms with Gasteiger partial charge in [-0.25, -0.2) is 14.6 Å². The largest absolute Gasteiger partial charge is 0.490 e. The van der Waals surface area contributed by atoms with Crippen molar-refractivity contribution >= 4 is 64.2 Å². The van der Waals surface area contributed by atoms with Crippen molar-refractivity contribution in [1.82, 2.24) is 30.0 Å². The van der Waals surface area contributed by atoms with E-state index in [1.54, 1.807) is 23.5 Å². The number of carbonyl (C=O) groups excluding carboxylic acids is 2. The van der Waals surface area contributed by atoms with Crippen LogP contribution in [-0.2, 0) is 27.2 Å². The molecule has 15 nitrogen and oxygen atoms in total. The molecule has 0 spiro atoms. The molecule has 2 aliphatic heterocycles. The number of H-pyrrole nitrogens is 1. The number of hydrogen-bond acceptors (Lipinski definition) is 10. The molecule has 22 heteroatoms. The van der Waals surface area contributed by atoms with Gasteiger partial charge >= 0.3 is 24.3 Å². The lowest BCUT2D eigenvalue weighted by Crippen LogP contribution is -2.29. The second-order valence-electron chi connectivity index (χ2n) is 11.3. The van der Waals surface area contributed by atoms with E-state index in [1.165, 1.54) is 6.20 Å². The molecule has 6 N–H and O–H groups in total. The number of fused-ring (bicyclic) bond motifs is 6. The number of rotatable bonds is 4. The highest BCUT2D eigenvalue weighted by Crippen LogP contribution is 2.30. The summed E-state index contributed by atoms with van der Waals surface area (Å²) in [4.78, 5) is 58.4. The number of benzene rings is 1. The molecule has 1 aromatic carbocycles. The van der Waals surface area contributed by atoms with Crippen LogP contribution >= 0.6 is 11.6 Å². The van der Waals surface area contributed by atoms with Crippen LogP contribution < -0.4 is 16.0 Å². The van der Waals surface area contributed by atoms with E-state index in [9.17, 15) is 35.9 Å². The van der Waals surface area contributed by atoms with E-state index in [1.807, 2.05) is 30.5 Å². The average molecular weight is 772 g/mol. The Morgan fingerprint density at radius 2 is 1.62 bits per heavy atom. The highest BCUT2D eigenvalue weighted by Gasteiger charge is 2.39. The smallest absolute Gasteiger partial charge is 0.475 e. The van der Waals surface area contributed by atoms with Crippen molar-refractivity contribution in [3.63, 3.8) is 0 Å². The van der Waals surface area contributed by atoms with Crippen LogP contribution in [0.15, 0.2) is 55.2 Å². The number of aryl methyl sites for hydroxylation is 2. The Hall–Kier alpha value is -5.99. The number of likely N-dealkylation sites (tertiary alicyclic amines) is 1. The molecule has 0 radical (unpaired) electrons. The Bertz CT molecular complexity index is 1920. The van der Waals surface area contributed by atoms with Crippen LogP contribution in [0.2, 0.25) is 5.02 Å². The van der Waals surface area contributed by atoms with E-state index in [0.717, 1.165) is 41.0 Å². The maximum atomic E-state index is 13.1. The third-order valence-corrected chi connectivity index (χ3v) is 7.67. The lowest BCUT2D eigenvalue weighted by Gasteiger charge is -2.17.